The minimum absolute atomic E-state index is 0.0893. The Kier molecular flexibility index (Phi) is 5.86. The zero-order valence-electron chi connectivity index (χ0n) is 17.6. The zero-order chi connectivity index (χ0) is 21.3. The van der Waals surface area contributed by atoms with Gasteiger partial charge in [0, 0.05) is 45.3 Å². The molecule has 4 rings (SSSR count). The molecule has 2 aliphatic heterocycles. The molecule has 157 valence electrons. The lowest BCUT2D eigenvalue weighted by molar-refractivity contribution is -0.121. The van der Waals surface area contributed by atoms with E-state index in [2.05, 4.69) is 9.88 Å². The SMILES string of the molecule is Cc1ccnc(C)c1C(=O)N1CC2CN(CC([CH]c3ccccc3)C(N)=O)CC2C1. The number of primary amides is 1. The van der Waals surface area contributed by atoms with Crippen molar-refractivity contribution in [3.8, 4) is 0 Å². The first-order valence-electron chi connectivity index (χ1n) is 10.6. The number of aromatic nitrogens is 1. The fourth-order valence-electron chi connectivity index (χ4n) is 4.88. The van der Waals surface area contributed by atoms with Gasteiger partial charge in [-0.1, -0.05) is 30.3 Å². The summed E-state index contributed by atoms with van der Waals surface area (Å²) < 4.78 is 0. The second-order valence-corrected chi connectivity index (χ2v) is 8.62. The third-order valence-corrected chi connectivity index (χ3v) is 6.43. The average molecular weight is 406 g/mol. The molecule has 2 fully saturated rings. The molecule has 30 heavy (non-hydrogen) atoms. The Labute approximate surface area is 178 Å². The number of nitrogens with two attached hydrogens (primary N) is 1. The van der Waals surface area contributed by atoms with Crippen molar-refractivity contribution in [3.05, 3.63) is 71.4 Å². The summed E-state index contributed by atoms with van der Waals surface area (Å²) in [5, 5.41) is 0. The van der Waals surface area contributed by atoms with Gasteiger partial charge in [0.25, 0.3) is 5.91 Å². The number of hydrogen-bond acceptors (Lipinski definition) is 4. The lowest BCUT2D eigenvalue weighted by Crippen LogP contribution is -2.38. The molecule has 1 aromatic carbocycles. The predicted molar refractivity (Wildman–Crippen MR) is 116 cm³/mol. The van der Waals surface area contributed by atoms with Gasteiger partial charge in [0.1, 0.15) is 0 Å². The number of nitrogens with zero attached hydrogens (tertiary/aromatic N) is 3. The van der Waals surface area contributed by atoms with Crippen LogP contribution in [0.1, 0.15) is 27.2 Å². The van der Waals surface area contributed by atoms with Gasteiger partial charge >= 0.3 is 0 Å². The summed E-state index contributed by atoms with van der Waals surface area (Å²) in [6.45, 7) is 7.80. The van der Waals surface area contributed by atoms with Gasteiger partial charge in [-0.05, 0) is 42.9 Å². The lowest BCUT2D eigenvalue weighted by atomic mass is 9.98. The van der Waals surface area contributed by atoms with E-state index in [1.165, 1.54) is 0 Å². The topological polar surface area (TPSA) is 79.5 Å². The van der Waals surface area contributed by atoms with Gasteiger partial charge < -0.3 is 15.5 Å². The van der Waals surface area contributed by atoms with Crippen LogP contribution in [0.3, 0.4) is 0 Å². The van der Waals surface area contributed by atoms with Gasteiger partial charge in [-0.2, -0.15) is 0 Å². The largest absolute Gasteiger partial charge is 0.369 e. The van der Waals surface area contributed by atoms with Crippen molar-refractivity contribution in [2.24, 2.45) is 23.5 Å². The molecule has 2 N–H and O–H groups in total. The molecule has 6 heteroatoms. The Hall–Kier alpha value is -2.73. The fourth-order valence-corrected chi connectivity index (χ4v) is 4.88. The molecule has 2 saturated heterocycles. The van der Waals surface area contributed by atoms with Crippen LogP contribution in [0.25, 0.3) is 0 Å². The molecule has 3 unspecified atom stereocenters. The van der Waals surface area contributed by atoms with E-state index in [0.717, 1.165) is 48.6 Å². The molecule has 0 bridgehead atoms. The quantitative estimate of drug-likeness (QED) is 0.798. The summed E-state index contributed by atoms with van der Waals surface area (Å²) >= 11 is 0. The molecule has 0 aliphatic carbocycles. The first kappa shape index (κ1) is 20.5. The Balaban J connectivity index is 1.36. The molecule has 2 amide bonds. The molecular formula is C24H29N4O2. The molecule has 3 heterocycles. The maximum Gasteiger partial charge on any atom is 0.255 e. The van der Waals surface area contributed by atoms with E-state index in [4.69, 9.17) is 5.73 Å². The molecule has 0 spiro atoms. The molecule has 1 radical (unpaired) electrons. The molecule has 6 nitrogen and oxygen atoms in total. The number of amides is 2. The van der Waals surface area contributed by atoms with Gasteiger partial charge in [-0.3, -0.25) is 14.6 Å². The van der Waals surface area contributed by atoms with E-state index in [-0.39, 0.29) is 17.7 Å². The predicted octanol–water partition coefficient (Wildman–Crippen LogP) is 2.06. The minimum atomic E-state index is -0.315. The highest BCUT2D eigenvalue weighted by molar-refractivity contribution is 5.96. The number of benzene rings is 1. The van der Waals surface area contributed by atoms with E-state index in [9.17, 15) is 9.59 Å². The number of rotatable bonds is 6. The third-order valence-electron chi connectivity index (χ3n) is 6.43. The molecule has 3 atom stereocenters. The van der Waals surface area contributed by atoms with Crippen LogP contribution in [-0.4, -0.2) is 59.3 Å². The monoisotopic (exact) mass is 405 g/mol. The number of fused-ring (bicyclic) bond motifs is 1. The van der Waals surface area contributed by atoms with Crippen molar-refractivity contribution in [2.75, 3.05) is 32.7 Å². The Morgan fingerprint density at radius 1 is 1.10 bits per heavy atom. The van der Waals surface area contributed by atoms with Gasteiger partial charge in [0.2, 0.25) is 5.91 Å². The highest BCUT2D eigenvalue weighted by atomic mass is 16.2. The van der Waals surface area contributed by atoms with Crippen molar-refractivity contribution in [2.45, 2.75) is 13.8 Å². The van der Waals surface area contributed by atoms with Crippen molar-refractivity contribution in [1.82, 2.24) is 14.8 Å². The summed E-state index contributed by atoms with van der Waals surface area (Å²) in [5.74, 6) is 0.361. The highest BCUT2D eigenvalue weighted by Crippen LogP contribution is 2.33. The van der Waals surface area contributed by atoms with Crippen LogP contribution in [0, 0.1) is 38.0 Å². The number of hydrogen-bond donors (Lipinski definition) is 1. The first-order valence-corrected chi connectivity index (χ1v) is 10.6. The Morgan fingerprint density at radius 2 is 1.77 bits per heavy atom. The van der Waals surface area contributed by atoms with E-state index >= 15 is 0 Å². The van der Waals surface area contributed by atoms with Crippen LogP contribution in [0.15, 0.2) is 42.6 Å². The van der Waals surface area contributed by atoms with Gasteiger partial charge in [0.05, 0.1) is 17.2 Å². The summed E-state index contributed by atoms with van der Waals surface area (Å²) in [6.07, 6.45) is 3.71. The standard InChI is InChI=1S/C24H29N4O2/c1-16-8-9-26-17(2)22(16)24(30)28-14-20-12-27(13-21(20)15-28)11-19(23(25)29)10-18-6-4-3-5-7-18/h3-10,19-21H,11-15H2,1-2H3,(H2,25,29). The molecule has 2 aromatic rings. The fraction of sp³-hybridized carbons (Fsp3) is 0.417. The maximum absolute atomic E-state index is 13.1. The van der Waals surface area contributed by atoms with Crippen LogP contribution in [0.5, 0.6) is 0 Å². The third kappa shape index (κ3) is 4.24. The van der Waals surface area contributed by atoms with Crippen molar-refractivity contribution >= 4 is 11.8 Å². The van der Waals surface area contributed by atoms with Gasteiger partial charge in [-0.25, -0.2) is 0 Å². The molecule has 0 saturated carbocycles. The molecular weight excluding hydrogens is 376 g/mol. The number of aryl methyl sites for hydroxylation is 2. The second kappa shape index (κ2) is 8.56. The Morgan fingerprint density at radius 3 is 2.37 bits per heavy atom. The normalized spacial score (nSPS) is 22.1. The van der Waals surface area contributed by atoms with Crippen LogP contribution in [0.4, 0.5) is 0 Å². The minimum Gasteiger partial charge on any atom is -0.369 e. The van der Waals surface area contributed by atoms with Crippen molar-refractivity contribution < 1.29 is 9.59 Å². The second-order valence-electron chi connectivity index (χ2n) is 8.62. The van der Waals surface area contributed by atoms with E-state index in [1.807, 2.05) is 61.6 Å². The van der Waals surface area contributed by atoms with Crippen molar-refractivity contribution in [1.29, 1.82) is 0 Å². The number of likely N-dealkylation sites (tertiary alicyclic amines) is 2. The number of carbonyl (C=O) groups is 2. The highest BCUT2D eigenvalue weighted by Gasteiger charge is 2.42. The first-order chi connectivity index (χ1) is 14.4. The van der Waals surface area contributed by atoms with Gasteiger partial charge in [0.15, 0.2) is 0 Å². The smallest absolute Gasteiger partial charge is 0.255 e. The van der Waals surface area contributed by atoms with Crippen LogP contribution in [0.2, 0.25) is 0 Å². The van der Waals surface area contributed by atoms with E-state index in [1.54, 1.807) is 6.20 Å². The van der Waals surface area contributed by atoms with Crippen LogP contribution in [-0.2, 0) is 4.79 Å². The Bertz CT molecular complexity index is 896. The van der Waals surface area contributed by atoms with E-state index in [0.29, 0.717) is 18.4 Å². The lowest BCUT2D eigenvalue weighted by Gasteiger charge is -2.25. The summed E-state index contributed by atoms with van der Waals surface area (Å²) in [6, 6.07) is 11.7. The van der Waals surface area contributed by atoms with E-state index < -0.39 is 0 Å². The summed E-state index contributed by atoms with van der Waals surface area (Å²) in [5.41, 5.74) is 9.20. The number of carbonyl (C=O) groups excluding carboxylic acids is 2. The summed E-state index contributed by atoms with van der Waals surface area (Å²) in [4.78, 5) is 33.7. The zero-order valence-corrected chi connectivity index (χ0v) is 17.6. The number of pyridine rings is 1. The van der Waals surface area contributed by atoms with Crippen LogP contribution >= 0.6 is 0 Å². The molecule has 1 aromatic heterocycles. The van der Waals surface area contributed by atoms with Crippen molar-refractivity contribution in [3.63, 3.8) is 0 Å². The average Bonchev–Trinajstić information content (AvgIpc) is 3.26. The maximum atomic E-state index is 13.1. The summed E-state index contributed by atoms with van der Waals surface area (Å²) in [7, 11) is 0. The molecule has 2 aliphatic rings. The van der Waals surface area contributed by atoms with Gasteiger partial charge in [-0.15, -0.1) is 0 Å². The van der Waals surface area contributed by atoms with Crippen LogP contribution < -0.4 is 5.73 Å².